The Morgan fingerprint density at radius 1 is 1.17 bits per heavy atom. The monoisotopic (exact) mass is 482 g/mol. The Balaban J connectivity index is 1.45. The van der Waals surface area contributed by atoms with Crippen LogP contribution in [0.2, 0.25) is 0 Å². The number of morpholine rings is 1. The zero-order chi connectivity index (χ0) is 24.9. The number of amides is 1. The van der Waals surface area contributed by atoms with Gasteiger partial charge in [0.25, 0.3) is 0 Å². The number of anilines is 4. The molecule has 0 saturated carbocycles. The Bertz CT molecular complexity index is 1390. The lowest BCUT2D eigenvalue weighted by molar-refractivity contribution is -0.111. The molecular weight excluding hydrogens is 456 g/mol. The molecule has 5 rings (SSSR count). The van der Waals surface area contributed by atoms with Crippen molar-refractivity contribution in [3.8, 4) is 11.4 Å². The highest BCUT2D eigenvalue weighted by molar-refractivity contribution is 5.99. The number of pyridine rings is 2. The molecule has 10 nitrogen and oxygen atoms in total. The fourth-order valence-corrected chi connectivity index (χ4v) is 4.12. The summed E-state index contributed by atoms with van der Waals surface area (Å²) in [6.45, 7) is 6.15. The van der Waals surface area contributed by atoms with Crippen LogP contribution in [0.25, 0.3) is 22.3 Å². The first-order chi connectivity index (χ1) is 17.6. The highest BCUT2D eigenvalue weighted by Gasteiger charge is 2.22. The number of fused-ring (bicyclic) bond motifs is 1. The standard InChI is InChI=1S/C26H26N8O2/c1-2-24(35)30-18-7-10-29-22(13-18)25-21-8-9-28-15-23(21)32-26(33-25)31-17-3-5-19(6-4-17)34-11-12-36-16-20(34)14-27/h2-10,13,15,20H,1,11-12,14,16,27H2,(H,29,30,35)(H,31,32,33)/t20-/m1/s1. The van der Waals surface area contributed by atoms with Gasteiger partial charge in [-0.25, -0.2) is 9.97 Å². The molecule has 4 N–H and O–H groups in total. The maximum absolute atomic E-state index is 11.7. The third kappa shape index (κ3) is 4.99. The van der Waals surface area contributed by atoms with Crippen LogP contribution >= 0.6 is 0 Å². The molecule has 1 atom stereocenters. The summed E-state index contributed by atoms with van der Waals surface area (Å²) < 4.78 is 5.56. The van der Waals surface area contributed by atoms with Gasteiger partial charge in [0.15, 0.2) is 0 Å². The molecule has 0 spiro atoms. The Kier molecular flexibility index (Phi) is 6.78. The first kappa shape index (κ1) is 23.3. The first-order valence-electron chi connectivity index (χ1n) is 11.6. The van der Waals surface area contributed by atoms with Crippen LogP contribution in [0, 0.1) is 0 Å². The van der Waals surface area contributed by atoms with Crippen molar-refractivity contribution in [3.63, 3.8) is 0 Å². The van der Waals surface area contributed by atoms with Crippen molar-refractivity contribution in [2.24, 2.45) is 5.73 Å². The average molecular weight is 483 g/mol. The van der Waals surface area contributed by atoms with E-state index in [4.69, 9.17) is 15.5 Å². The van der Waals surface area contributed by atoms with Crippen LogP contribution in [0.1, 0.15) is 0 Å². The number of nitrogens with zero attached hydrogens (tertiary/aromatic N) is 5. The zero-order valence-electron chi connectivity index (χ0n) is 19.6. The number of nitrogens with two attached hydrogens (primary N) is 1. The number of nitrogens with one attached hydrogen (secondary N) is 2. The van der Waals surface area contributed by atoms with Gasteiger partial charge in [-0.15, -0.1) is 0 Å². The van der Waals surface area contributed by atoms with Gasteiger partial charge >= 0.3 is 0 Å². The fraction of sp³-hybridized carbons (Fsp3) is 0.192. The maximum Gasteiger partial charge on any atom is 0.247 e. The van der Waals surface area contributed by atoms with Gasteiger partial charge in [0.05, 0.1) is 36.7 Å². The summed E-state index contributed by atoms with van der Waals surface area (Å²) in [6, 6.07) is 13.5. The summed E-state index contributed by atoms with van der Waals surface area (Å²) >= 11 is 0. The summed E-state index contributed by atoms with van der Waals surface area (Å²) in [5, 5.41) is 6.84. The molecule has 0 bridgehead atoms. The molecule has 4 aromatic rings. The topological polar surface area (TPSA) is 131 Å². The van der Waals surface area contributed by atoms with E-state index >= 15 is 0 Å². The minimum absolute atomic E-state index is 0.163. The number of ether oxygens (including phenoxy) is 1. The van der Waals surface area contributed by atoms with E-state index in [0.29, 0.717) is 48.3 Å². The Morgan fingerprint density at radius 3 is 2.83 bits per heavy atom. The molecule has 1 aliphatic heterocycles. The largest absolute Gasteiger partial charge is 0.377 e. The predicted molar refractivity (Wildman–Crippen MR) is 140 cm³/mol. The van der Waals surface area contributed by atoms with Gasteiger partial charge in [-0.3, -0.25) is 14.8 Å². The Labute approximate surface area is 208 Å². The van der Waals surface area contributed by atoms with Gasteiger partial charge in [0, 0.05) is 47.9 Å². The van der Waals surface area contributed by atoms with E-state index in [2.05, 4.69) is 37.1 Å². The van der Waals surface area contributed by atoms with Gasteiger partial charge < -0.3 is 26.0 Å². The molecule has 0 radical (unpaired) electrons. The van der Waals surface area contributed by atoms with Gasteiger partial charge in [-0.2, -0.15) is 0 Å². The SMILES string of the molecule is C=CC(=O)Nc1ccnc(-c2nc(Nc3ccc(N4CCOC[C@H]4CN)cc3)nc3cnccc23)c1. The number of benzene rings is 1. The summed E-state index contributed by atoms with van der Waals surface area (Å²) in [5.41, 5.74) is 10.3. The molecule has 1 aliphatic rings. The van der Waals surface area contributed by atoms with Crippen molar-refractivity contribution in [2.75, 3.05) is 41.8 Å². The van der Waals surface area contributed by atoms with Crippen LogP contribution in [-0.2, 0) is 9.53 Å². The summed E-state index contributed by atoms with van der Waals surface area (Å²) in [7, 11) is 0. The summed E-state index contributed by atoms with van der Waals surface area (Å²) in [6.07, 6.45) is 6.21. The molecule has 10 heteroatoms. The van der Waals surface area contributed by atoms with Crippen LogP contribution in [0.4, 0.5) is 23.0 Å². The molecule has 1 amide bonds. The van der Waals surface area contributed by atoms with Crippen molar-refractivity contribution < 1.29 is 9.53 Å². The molecule has 3 aromatic heterocycles. The van der Waals surface area contributed by atoms with Gasteiger partial charge in [0.1, 0.15) is 5.69 Å². The number of carbonyl (C=O) groups excluding carboxylic acids is 1. The number of rotatable bonds is 7. The highest BCUT2D eigenvalue weighted by Crippen LogP contribution is 2.29. The number of carbonyl (C=O) groups is 1. The number of hydrogen-bond acceptors (Lipinski definition) is 9. The Hall–Kier alpha value is -4.41. The summed E-state index contributed by atoms with van der Waals surface area (Å²) in [5.74, 6) is 0.108. The van der Waals surface area contributed by atoms with Gasteiger partial charge in [0.2, 0.25) is 11.9 Å². The van der Waals surface area contributed by atoms with Crippen LogP contribution in [0.15, 0.2) is 73.7 Å². The molecule has 0 aliphatic carbocycles. The van der Waals surface area contributed by atoms with E-state index in [0.717, 1.165) is 23.3 Å². The minimum atomic E-state index is -0.301. The van der Waals surface area contributed by atoms with E-state index in [9.17, 15) is 4.79 Å². The Morgan fingerprint density at radius 2 is 2.03 bits per heavy atom. The van der Waals surface area contributed by atoms with Crippen LogP contribution in [0.5, 0.6) is 0 Å². The predicted octanol–water partition coefficient (Wildman–Crippen LogP) is 3.12. The second-order valence-electron chi connectivity index (χ2n) is 8.24. The first-order valence-corrected chi connectivity index (χ1v) is 11.6. The highest BCUT2D eigenvalue weighted by atomic mass is 16.5. The molecule has 1 saturated heterocycles. The minimum Gasteiger partial charge on any atom is -0.377 e. The lowest BCUT2D eigenvalue weighted by Crippen LogP contribution is -2.49. The van der Waals surface area contributed by atoms with Crippen LogP contribution in [0.3, 0.4) is 0 Å². The molecule has 36 heavy (non-hydrogen) atoms. The number of hydrogen-bond donors (Lipinski definition) is 3. The zero-order valence-corrected chi connectivity index (χ0v) is 19.6. The van der Waals surface area contributed by atoms with Crippen LogP contribution < -0.4 is 21.3 Å². The van der Waals surface area contributed by atoms with Gasteiger partial charge in [-0.05, 0) is 48.5 Å². The van der Waals surface area contributed by atoms with Crippen molar-refractivity contribution in [1.82, 2.24) is 19.9 Å². The maximum atomic E-state index is 11.7. The van der Waals surface area contributed by atoms with Crippen molar-refractivity contribution in [2.45, 2.75) is 6.04 Å². The number of aromatic nitrogens is 4. The van der Waals surface area contributed by atoms with Crippen molar-refractivity contribution in [1.29, 1.82) is 0 Å². The van der Waals surface area contributed by atoms with Gasteiger partial charge in [-0.1, -0.05) is 6.58 Å². The second kappa shape index (κ2) is 10.5. The normalized spacial score (nSPS) is 15.5. The third-order valence-corrected chi connectivity index (χ3v) is 5.91. The van der Waals surface area contributed by atoms with E-state index in [1.807, 2.05) is 30.3 Å². The van der Waals surface area contributed by atoms with E-state index in [1.165, 1.54) is 6.08 Å². The lowest BCUT2D eigenvalue weighted by Gasteiger charge is -2.36. The third-order valence-electron chi connectivity index (χ3n) is 5.91. The lowest BCUT2D eigenvalue weighted by atomic mass is 10.1. The second-order valence-corrected chi connectivity index (χ2v) is 8.24. The summed E-state index contributed by atoms with van der Waals surface area (Å²) in [4.78, 5) is 32.1. The van der Waals surface area contributed by atoms with E-state index in [1.54, 1.807) is 30.7 Å². The quantitative estimate of drug-likeness (QED) is 0.340. The molecular formula is C26H26N8O2. The van der Waals surface area contributed by atoms with Crippen LogP contribution in [-0.4, -0.2) is 58.2 Å². The van der Waals surface area contributed by atoms with E-state index < -0.39 is 0 Å². The molecule has 182 valence electrons. The molecule has 1 fully saturated rings. The fourth-order valence-electron chi connectivity index (χ4n) is 4.12. The molecule has 0 unspecified atom stereocenters. The van der Waals surface area contributed by atoms with E-state index in [-0.39, 0.29) is 11.9 Å². The van der Waals surface area contributed by atoms with Crippen molar-refractivity contribution in [3.05, 3.63) is 73.7 Å². The average Bonchev–Trinajstić information content (AvgIpc) is 2.93. The van der Waals surface area contributed by atoms with Crippen molar-refractivity contribution >= 4 is 39.8 Å². The molecule has 1 aromatic carbocycles. The smallest absolute Gasteiger partial charge is 0.247 e. The molecule has 4 heterocycles.